The predicted octanol–water partition coefficient (Wildman–Crippen LogP) is 1.60. The van der Waals surface area contributed by atoms with Gasteiger partial charge in [-0.1, -0.05) is 0 Å². The fourth-order valence-corrected chi connectivity index (χ4v) is 3.47. The van der Waals surface area contributed by atoms with Crippen LogP contribution in [0.25, 0.3) is 0 Å². The van der Waals surface area contributed by atoms with Gasteiger partial charge in [-0.2, -0.15) is 22.0 Å². The Hall–Kier alpha value is -1.65. The van der Waals surface area contributed by atoms with Gasteiger partial charge in [-0.3, -0.25) is 4.79 Å². The van der Waals surface area contributed by atoms with Crippen molar-refractivity contribution in [1.29, 1.82) is 0 Å². The maximum absolute atomic E-state index is 12.8. The zero-order chi connectivity index (χ0) is 16.8. The van der Waals surface area contributed by atoms with Crippen molar-refractivity contribution in [3.05, 3.63) is 24.2 Å². The van der Waals surface area contributed by atoms with Crippen molar-refractivity contribution in [2.45, 2.75) is 23.1 Å². The lowest BCUT2D eigenvalue weighted by molar-refractivity contribution is -0.275. The number of alkyl halides is 5. The fourth-order valence-electron chi connectivity index (χ4n) is 1.86. The zero-order valence-electron chi connectivity index (χ0n) is 10.8. The number of amides is 1. The van der Waals surface area contributed by atoms with Gasteiger partial charge in [-0.25, -0.2) is 8.42 Å². The smallest absolute Gasteiger partial charge is 0.463 e. The van der Waals surface area contributed by atoms with Crippen LogP contribution in [0.2, 0.25) is 0 Å². The van der Waals surface area contributed by atoms with Gasteiger partial charge < -0.3 is 9.32 Å². The third-order valence-corrected chi connectivity index (χ3v) is 5.19. The Morgan fingerprint density at radius 2 is 1.86 bits per heavy atom. The lowest BCUT2D eigenvalue weighted by Gasteiger charge is -2.40. The first-order chi connectivity index (χ1) is 9.95. The van der Waals surface area contributed by atoms with Crippen molar-refractivity contribution in [1.82, 2.24) is 4.90 Å². The lowest BCUT2D eigenvalue weighted by Crippen LogP contribution is -2.63. The van der Waals surface area contributed by atoms with E-state index < -0.39 is 51.9 Å². The minimum absolute atomic E-state index is 0.116. The molecular formula is C11H10F5NO4S. The summed E-state index contributed by atoms with van der Waals surface area (Å²) >= 11 is 0. The third kappa shape index (κ3) is 2.94. The van der Waals surface area contributed by atoms with Gasteiger partial charge in [0.15, 0.2) is 9.84 Å². The summed E-state index contributed by atoms with van der Waals surface area (Å²) in [6, 6.07) is 2.84. The second-order valence-electron chi connectivity index (χ2n) is 4.79. The van der Waals surface area contributed by atoms with Crippen LogP contribution >= 0.6 is 0 Å². The maximum Gasteiger partial charge on any atom is 0.463 e. The molecule has 1 saturated heterocycles. The minimum Gasteiger partial charge on any atom is -0.468 e. The van der Waals surface area contributed by atoms with Crippen LogP contribution in [-0.4, -0.2) is 49.7 Å². The molecule has 1 aliphatic heterocycles. The second kappa shape index (κ2) is 5.21. The number of hydrogen-bond donors (Lipinski definition) is 0. The number of rotatable bonds is 4. The average Bonchev–Trinajstić information content (AvgIpc) is 2.76. The topological polar surface area (TPSA) is 67.6 Å². The van der Waals surface area contributed by atoms with Gasteiger partial charge in [-0.15, -0.1) is 0 Å². The van der Waals surface area contributed by atoms with E-state index in [0.29, 0.717) is 0 Å². The summed E-state index contributed by atoms with van der Waals surface area (Å²) in [5.74, 6) is -8.36. The van der Waals surface area contributed by atoms with E-state index in [4.69, 9.17) is 4.42 Å². The van der Waals surface area contributed by atoms with Gasteiger partial charge in [0.1, 0.15) is 11.5 Å². The molecule has 0 aromatic carbocycles. The maximum atomic E-state index is 12.8. The highest BCUT2D eigenvalue weighted by molar-refractivity contribution is 7.91. The summed E-state index contributed by atoms with van der Waals surface area (Å²) in [5.41, 5.74) is 0. The molecule has 0 atom stereocenters. The lowest BCUT2D eigenvalue weighted by atomic mass is 10.1. The van der Waals surface area contributed by atoms with E-state index >= 15 is 0 Å². The van der Waals surface area contributed by atoms with Crippen molar-refractivity contribution < 1.29 is 39.6 Å². The summed E-state index contributed by atoms with van der Waals surface area (Å²) < 4.78 is 90.5. The van der Waals surface area contributed by atoms with E-state index in [2.05, 4.69) is 0 Å². The van der Waals surface area contributed by atoms with Crippen LogP contribution in [0.5, 0.6) is 0 Å². The molecule has 0 bridgehead atoms. The highest BCUT2D eigenvalue weighted by Gasteiger charge is 2.65. The van der Waals surface area contributed by atoms with Crippen LogP contribution < -0.4 is 0 Å². The first-order valence-electron chi connectivity index (χ1n) is 5.93. The standard InChI is InChI=1S/C11H10F5NO4S/c12-10(13,11(14,15)16)9(18)17-4-8(5-17)22(19,20)6-7-2-1-3-21-7/h1-3,8H,4-6H2. The van der Waals surface area contributed by atoms with E-state index in [9.17, 15) is 35.2 Å². The Kier molecular flexibility index (Phi) is 3.96. The Morgan fingerprint density at radius 1 is 1.27 bits per heavy atom. The van der Waals surface area contributed by atoms with Gasteiger partial charge >= 0.3 is 18.0 Å². The molecule has 124 valence electrons. The minimum atomic E-state index is -6.01. The Labute approximate surface area is 121 Å². The van der Waals surface area contributed by atoms with Crippen LogP contribution in [0, 0.1) is 0 Å². The molecule has 0 spiro atoms. The van der Waals surface area contributed by atoms with Crippen LogP contribution in [-0.2, 0) is 20.4 Å². The molecule has 2 heterocycles. The molecule has 0 unspecified atom stereocenters. The summed E-state index contributed by atoms with van der Waals surface area (Å²) in [7, 11) is -3.81. The van der Waals surface area contributed by atoms with Gasteiger partial charge in [0.25, 0.3) is 0 Å². The van der Waals surface area contributed by atoms with Crippen molar-refractivity contribution in [2.24, 2.45) is 0 Å². The van der Waals surface area contributed by atoms with Crippen molar-refractivity contribution in [3.63, 3.8) is 0 Å². The molecule has 5 nitrogen and oxygen atoms in total. The van der Waals surface area contributed by atoms with E-state index in [1.165, 1.54) is 18.4 Å². The normalized spacial score (nSPS) is 17.4. The van der Waals surface area contributed by atoms with Crippen molar-refractivity contribution in [3.8, 4) is 0 Å². The van der Waals surface area contributed by atoms with Crippen molar-refractivity contribution >= 4 is 15.7 Å². The largest absolute Gasteiger partial charge is 0.468 e. The van der Waals surface area contributed by atoms with Gasteiger partial charge in [-0.05, 0) is 12.1 Å². The van der Waals surface area contributed by atoms with E-state index in [0.717, 1.165) is 0 Å². The van der Waals surface area contributed by atoms with Crippen molar-refractivity contribution in [2.75, 3.05) is 13.1 Å². The Balaban J connectivity index is 1.99. The molecule has 0 radical (unpaired) electrons. The molecule has 0 aliphatic carbocycles. The second-order valence-corrected chi connectivity index (χ2v) is 7.07. The molecule has 2 rings (SSSR count). The van der Waals surface area contributed by atoms with Crippen LogP contribution in [0.3, 0.4) is 0 Å². The number of carbonyl (C=O) groups excluding carboxylic acids is 1. The zero-order valence-corrected chi connectivity index (χ0v) is 11.6. The Morgan fingerprint density at radius 3 is 2.32 bits per heavy atom. The van der Waals surface area contributed by atoms with E-state index in [-0.39, 0.29) is 10.7 Å². The van der Waals surface area contributed by atoms with E-state index in [1.807, 2.05) is 0 Å². The van der Waals surface area contributed by atoms with Gasteiger partial charge in [0, 0.05) is 13.1 Å². The highest BCUT2D eigenvalue weighted by atomic mass is 32.2. The molecule has 1 aliphatic rings. The molecule has 22 heavy (non-hydrogen) atoms. The first-order valence-corrected chi connectivity index (χ1v) is 7.64. The summed E-state index contributed by atoms with van der Waals surface area (Å²) in [4.78, 5) is 11.3. The molecule has 1 aromatic heterocycles. The SMILES string of the molecule is O=C(N1CC(S(=O)(=O)Cc2ccco2)C1)C(F)(F)C(F)(F)F. The highest BCUT2D eigenvalue weighted by Crippen LogP contribution is 2.38. The number of carbonyl (C=O) groups is 1. The molecule has 11 heteroatoms. The predicted molar refractivity (Wildman–Crippen MR) is 62.7 cm³/mol. The number of sulfone groups is 1. The van der Waals surface area contributed by atoms with E-state index in [1.54, 1.807) is 0 Å². The first kappa shape index (κ1) is 16.7. The number of likely N-dealkylation sites (tertiary alicyclic amines) is 1. The monoisotopic (exact) mass is 347 g/mol. The molecule has 1 aromatic rings. The van der Waals surface area contributed by atoms with Gasteiger partial charge in [0.2, 0.25) is 0 Å². The number of halogens is 5. The van der Waals surface area contributed by atoms with Crippen LogP contribution in [0.15, 0.2) is 22.8 Å². The average molecular weight is 347 g/mol. The summed E-state index contributed by atoms with van der Waals surface area (Å²) in [5, 5.41) is -1.19. The quantitative estimate of drug-likeness (QED) is 0.776. The summed E-state index contributed by atoms with van der Waals surface area (Å²) in [6.45, 7) is -1.40. The molecule has 1 amide bonds. The molecule has 0 N–H and O–H groups in total. The molecule has 1 fully saturated rings. The molecule has 0 saturated carbocycles. The van der Waals surface area contributed by atoms with Crippen LogP contribution in [0.1, 0.15) is 5.76 Å². The fraction of sp³-hybridized carbons (Fsp3) is 0.545. The number of nitrogens with zero attached hydrogens (tertiary/aromatic N) is 1. The number of furan rings is 1. The summed E-state index contributed by atoms with van der Waals surface area (Å²) in [6.07, 6.45) is -4.77. The molecular weight excluding hydrogens is 337 g/mol. The van der Waals surface area contributed by atoms with Gasteiger partial charge in [0.05, 0.1) is 11.5 Å². The third-order valence-electron chi connectivity index (χ3n) is 3.19. The van der Waals surface area contributed by atoms with Crippen LogP contribution in [0.4, 0.5) is 22.0 Å². The Bertz CT molecular complexity index is 647. The number of hydrogen-bond acceptors (Lipinski definition) is 4.